The van der Waals surface area contributed by atoms with Crippen molar-refractivity contribution in [3.63, 3.8) is 0 Å². The molecule has 3 heterocycles. The van der Waals surface area contributed by atoms with Crippen LogP contribution >= 0.6 is 0 Å². The van der Waals surface area contributed by atoms with E-state index in [-0.39, 0.29) is 17.6 Å². The average molecular weight is 425 g/mol. The third-order valence-corrected chi connectivity index (χ3v) is 5.34. The second-order valence-corrected chi connectivity index (χ2v) is 7.77. The molecular weight excluding hydrogens is 407 g/mol. The molecule has 2 aromatic heterocycles. The van der Waals surface area contributed by atoms with Gasteiger partial charge in [-0.3, -0.25) is 4.57 Å². The van der Waals surface area contributed by atoms with Gasteiger partial charge in [-0.05, 0) is 12.1 Å². The van der Waals surface area contributed by atoms with Gasteiger partial charge in [0.05, 0.1) is 30.3 Å². The van der Waals surface area contributed by atoms with Crippen molar-refractivity contribution in [2.75, 3.05) is 37.6 Å². The lowest BCUT2D eigenvalue weighted by Crippen LogP contribution is -2.47. The van der Waals surface area contributed by atoms with Crippen molar-refractivity contribution >= 4 is 28.0 Å². The van der Waals surface area contributed by atoms with Gasteiger partial charge in [0.15, 0.2) is 5.82 Å². The van der Waals surface area contributed by atoms with Gasteiger partial charge in [-0.25, -0.2) is 18.2 Å². The highest BCUT2D eigenvalue weighted by Crippen LogP contribution is 2.29. The maximum atomic E-state index is 13.7. The minimum Gasteiger partial charge on any atom is -0.609 e. The number of fused-ring (bicyclic) bond motifs is 1. The first kappa shape index (κ1) is 19.9. The van der Waals surface area contributed by atoms with Crippen LogP contribution in [-0.2, 0) is 15.9 Å². The number of para-hydroxylation sites is 2. The quantitative estimate of drug-likeness (QED) is 0.462. The number of nitrogens with zero attached hydrogens (tertiary/aromatic N) is 5. The van der Waals surface area contributed by atoms with E-state index >= 15 is 0 Å². The van der Waals surface area contributed by atoms with Crippen molar-refractivity contribution in [2.45, 2.75) is 17.6 Å². The summed E-state index contributed by atoms with van der Waals surface area (Å²) in [6.07, 6.45) is -1.45. The number of morpholine rings is 1. The van der Waals surface area contributed by atoms with E-state index < -0.39 is 36.1 Å². The van der Waals surface area contributed by atoms with Gasteiger partial charge in [-0.2, -0.15) is 9.97 Å². The molecule has 0 amide bonds. The number of benzene rings is 1. The summed E-state index contributed by atoms with van der Waals surface area (Å²) in [6, 6.07) is 7.60. The van der Waals surface area contributed by atoms with E-state index in [1.165, 1.54) is 16.9 Å². The molecule has 2 atom stereocenters. The van der Waals surface area contributed by atoms with Crippen LogP contribution < -0.4 is 4.90 Å². The van der Waals surface area contributed by atoms with Gasteiger partial charge < -0.3 is 14.2 Å². The highest BCUT2D eigenvalue weighted by molar-refractivity contribution is 7.90. The van der Waals surface area contributed by atoms with E-state index in [0.717, 1.165) is 0 Å². The second kappa shape index (κ2) is 8.17. The highest BCUT2D eigenvalue weighted by atomic mass is 32.2. The molecule has 0 N–H and O–H groups in total. The Morgan fingerprint density at radius 1 is 1.24 bits per heavy atom. The van der Waals surface area contributed by atoms with Crippen LogP contribution in [-0.4, -0.2) is 62.8 Å². The summed E-state index contributed by atoms with van der Waals surface area (Å²) in [5.74, 6) is -0.0647. The van der Waals surface area contributed by atoms with Crippen LogP contribution in [0.4, 0.5) is 19.0 Å². The molecular formula is C18H18F3N5O2S. The summed E-state index contributed by atoms with van der Waals surface area (Å²) in [5, 5.41) is -0.0282. The predicted molar refractivity (Wildman–Crippen MR) is 102 cm³/mol. The lowest BCUT2D eigenvalue weighted by molar-refractivity contribution is 0.0855. The summed E-state index contributed by atoms with van der Waals surface area (Å²) in [6.45, 7) is 0.251. The Bertz CT molecular complexity index is 1020. The third-order valence-electron chi connectivity index (χ3n) is 4.65. The Balaban J connectivity index is 1.92. The number of alkyl halides is 3. The Hall–Kier alpha value is -2.37. The summed E-state index contributed by atoms with van der Waals surface area (Å²) in [5.41, 5.74) is 0.819. The zero-order valence-electron chi connectivity index (χ0n) is 15.5. The molecule has 0 radical (unpaired) electrons. The van der Waals surface area contributed by atoms with Crippen molar-refractivity contribution in [2.24, 2.45) is 0 Å². The standard InChI is InChI=1S/C18H18F3N5O2S/c1-29(27)18-23-14(25-6-7-28-10-11(25)9-19)8-15(24-18)26-13-5-3-2-4-12(13)22-17(26)16(20)21/h2-5,8,11,16H,6-7,9-10H2,1H3/t11-,29?/m0/s1. The minimum absolute atomic E-state index is 0.0282. The Labute approximate surface area is 167 Å². The number of halogens is 3. The van der Waals surface area contributed by atoms with Gasteiger partial charge in [0, 0.05) is 23.8 Å². The topological polar surface area (TPSA) is 79.1 Å². The van der Waals surface area contributed by atoms with Gasteiger partial charge >= 0.3 is 5.16 Å². The average Bonchev–Trinajstić information content (AvgIpc) is 3.13. The highest BCUT2D eigenvalue weighted by Gasteiger charge is 2.28. The molecule has 29 heavy (non-hydrogen) atoms. The van der Waals surface area contributed by atoms with E-state index in [0.29, 0.717) is 30.0 Å². The fourth-order valence-electron chi connectivity index (χ4n) is 3.31. The summed E-state index contributed by atoms with van der Waals surface area (Å²) < 4.78 is 59.6. The Morgan fingerprint density at radius 2 is 2.00 bits per heavy atom. The van der Waals surface area contributed by atoms with E-state index in [9.17, 15) is 17.7 Å². The van der Waals surface area contributed by atoms with Gasteiger partial charge in [-0.15, -0.1) is 0 Å². The number of anilines is 1. The molecule has 1 aliphatic rings. The molecule has 1 aromatic carbocycles. The summed E-state index contributed by atoms with van der Waals surface area (Å²) in [4.78, 5) is 14.2. The van der Waals surface area contributed by atoms with Crippen molar-refractivity contribution in [3.05, 3.63) is 36.2 Å². The summed E-state index contributed by atoms with van der Waals surface area (Å²) in [7, 11) is 0. The molecule has 0 spiro atoms. The van der Waals surface area contributed by atoms with Crippen molar-refractivity contribution in [3.8, 4) is 5.82 Å². The number of ether oxygens (including phenoxy) is 1. The molecule has 3 aromatic rings. The molecule has 1 unspecified atom stereocenters. The van der Waals surface area contributed by atoms with E-state index in [4.69, 9.17) is 4.74 Å². The fourth-order valence-corrected chi connectivity index (χ4v) is 3.75. The fraction of sp³-hybridized carbons (Fsp3) is 0.389. The van der Waals surface area contributed by atoms with Crippen LogP contribution in [0, 0.1) is 0 Å². The van der Waals surface area contributed by atoms with Crippen LogP contribution in [0.1, 0.15) is 12.2 Å². The number of imidazole rings is 1. The van der Waals surface area contributed by atoms with Gasteiger partial charge in [0.25, 0.3) is 6.43 Å². The Morgan fingerprint density at radius 3 is 2.72 bits per heavy atom. The van der Waals surface area contributed by atoms with Crippen molar-refractivity contribution in [1.82, 2.24) is 19.5 Å². The predicted octanol–water partition coefficient (Wildman–Crippen LogP) is 2.67. The van der Waals surface area contributed by atoms with E-state index in [1.54, 1.807) is 29.2 Å². The van der Waals surface area contributed by atoms with Gasteiger partial charge in [-0.1, -0.05) is 12.1 Å². The Kier molecular flexibility index (Phi) is 5.61. The first-order valence-corrected chi connectivity index (χ1v) is 10.4. The van der Waals surface area contributed by atoms with Gasteiger partial charge in [0.1, 0.15) is 24.6 Å². The minimum atomic E-state index is -2.85. The lowest BCUT2D eigenvalue weighted by atomic mass is 10.2. The SMILES string of the molecule is C[S+]([O-])c1nc(N2CCOC[C@@H]2CF)cc(-n2c(C(F)F)nc3ccccc32)n1. The van der Waals surface area contributed by atoms with E-state index in [2.05, 4.69) is 15.0 Å². The van der Waals surface area contributed by atoms with Crippen LogP contribution in [0.25, 0.3) is 16.9 Å². The lowest BCUT2D eigenvalue weighted by Gasteiger charge is -2.35. The largest absolute Gasteiger partial charge is 0.609 e. The molecule has 0 aliphatic carbocycles. The second-order valence-electron chi connectivity index (χ2n) is 6.49. The van der Waals surface area contributed by atoms with Gasteiger partial charge in [0.2, 0.25) is 0 Å². The van der Waals surface area contributed by atoms with Crippen LogP contribution in [0.3, 0.4) is 0 Å². The normalized spacial score (nSPS) is 18.6. The molecule has 11 heteroatoms. The smallest absolute Gasteiger partial charge is 0.346 e. The van der Waals surface area contributed by atoms with E-state index in [1.807, 2.05) is 0 Å². The molecule has 4 rings (SSSR count). The number of hydrogen-bond donors (Lipinski definition) is 0. The zero-order chi connectivity index (χ0) is 20.5. The molecule has 1 aliphatic heterocycles. The summed E-state index contributed by atoms with van der Waals surface area (Å²) >= 11 is -1.57. The monoisotopic (exact) mass is 425 g/mol. The molecule has 0 saturated carbocycles. The first-order valence-electron chi connectivity index (χ1n) is 8.88. The van der Waals surface area contributed by atoms with Crippen LogP contribution in [0.15, 0.2) is 35.5 Å². The molecule has 154 valence electrons. The zero-order valence-corrected chi connectivity index (χ0v) is 16.3. The van der Waals surface area contributed by atoms with Crippen molar-refractivity contribution in [1.29, 1.82) is 0 Å². The van der Waals surface area contributed by atoms with Crippen molar-refractivity contribution < 1.29 is 22.5 Å². The molecule has 1 fully saturated rings. The maximum absolute atomic E-state index is 13.7. The third kappa shape index (κ3) is 3.77. The first-order chi connectivity index (χ1) is 14.0. The van der Waals surface area contributed by atoms with Crippen LogP contribution in [0.5, 0.6) is 0 Å². The number of hydrogen-bond acceptors (Lipinski definition) is 6. The molecule has 0 bridgehead atoms. The molecule has 7 nitrogen and oxygen atoms in total. The number of rotatable bonds is 5. The van der Waals surface area contributed by atoms with Crippen LogP contribution in [0.2, 0.25) is 0 Å². The molecule has 1 saturated heterocycles. The maximum Gasteiger partial charge on any atom is 0.346 e. The number of aromatic nitrogens is 4.